The topological polar surface area (TPSA) is 134 Å². The number of aliphatic hydroxyl groups excluding tert-OH is 1. The van der Waals surface area contributed by atoms with E-state index in [9.17, 15) is 13.5 Å². The van der Waals surface area contributed by atoms with Crippen LogP contribution in [0.2, 0.25) is 0 Å². The van der Waals surface area contributed by atoms with Gasteiger partial charge in [0.1, 0.15) is 30.8 Å². The SMILES string of the molecule is CCCCCCCCN=C1NS(=O)(=O)N=C1Nc1ccc(CC(C)NC[C@H](O)COc2ccc(OCc3ccccc3)cc2)cc1. The Morgan fingerprint density at radius 1 is 0.870 bits per heavy atom. The molecule has 0 radical (unpaired) electrons. The molecular weight excluding hydrogens is 602 g/mol. The van der Waals surface area contributed by atoms with Crippen LogP contribution < -0.4 is 24.8 Å². The van der Waals surface area contributed by atoms with E-state index in [1.807, 2.05) is 78.9 Å². The first-order valence-corrected chi connectivity index (χ1v) is 17.6. The molecule has 3 aromatic rings. The lowest BCUT2D eigenvalue weighted by atomic mass is 10.1. The highest BCUT2D eigenvalue weighted by Crippen LogP contribution is 2.19. The van der Waals surface area contributed by atoms with Crippen molar-refractivity contribution < 1.29 is 23.0 Å². The van der Waals surface area contributed by atoms with Crippen molar-refractivity contribution in [3.8, 4) is 11.5 Å². The number of benzene rings is 3. The molecule has 0 spiro atoms. The van der Waals surface area contributed by atoms with Gasteiger partial charge in [-0.05, 0) is 67.3 Å². The van der Waals surface area contributed by atoms with E-state index in [1.165, 1.54) is 25.7 Å². The highest BCUT2D eigenvalue weighted by molar-refractivity contribution is 7.89. The predicted molar refractivity (Wildman–Crippen MR) is 185 cm³/mol. The predicted octanol–water partition coefficient (Wildman–Crippen LogP) is 5.64. The van der Waals surface area contributed by atoms with Gasteiger partial charge in [-0.3, -0.25) is 4.99 Å². The van der Waals surface area contributed by atoms with Crippen LogP contribution in [0.4, 0.5) is 5.69 Å². The third kappa shape index (κ3) is 12.5. The average molecular weight is 650 g/mol. The van der Waals surface area contributed by atoms with Gasteiger partial charge in [0.25, 0.3) is 0 Å². The number of nitrogens with zero attached hydrogens (tertiary/aromatic N) is 2. The molecule has 0 aliphatic carbocycles. The summed E-state index contributed by atoms with van der Waals surface area (Å²) in [5, 5.41) is 16.9. The summed E-state index contributed by atoms with van der Waals surface area (Å²) in [6.07, 6.45) is 6.90. The fourth-order valence-electron chi connectivity index (χ4n) is 4.88. The van der Waals surface area contributed by atoms with Gasteiger partial charge in [-0.25, -0.2) is 4.72 Å². The molecule has 0 amide bonds. The van der Waals surface area contributed by atoms with E-state index in [2.05, 4.69) is 38.6 Å². The minimum absolute atomic E-state index is 0.115. The van der Waals surface area contributed by atoms with Crippen LogP contribution >= 0.6 is 0 Å². The molecule has 248 valence electrons. The Hall–Kier alpha value is -3.93. The first-order chi connectivity index (χ1) is 22.3. The summed E-state index contributed by atoms with van der Waals surface area (Å²) in [6.45, 7) is 5.86. The molecule has 11 heteroatoms. The molecule has 10 nitrogen and oxygen atoms in total. The van der Waals surface area contributed by atoms with Crippen molar-refractivity contribution in [2.24, 2.45) is 9.39 Å². The number of ether oxygens (including phenoxy) is 2. The van der Waals surface area contributed by atoms with Crippen LogP contribution in [0.15, 0.2) is 88.3 Å². The maximum Gasteiger partial charge on any atom is 0.345 e. The number of anilines is 1. The Balaban J connectivity index is 1.15. The zero-order chi connectivity index (χ0) is 32.6. The van der Waals surface area contributed by atoms with Crippen molar-refractivity contribution in [3.05, 3.63) is 90.0 Å². The Morgan fingerprint density at radius 3 is 2.26 bits per heavy atom. The van der Waals surface area contributed by atoms with Gasteiger partial charge in [-0.1, -0.05) is 81.5 Å². The number of hydrogen-bond acceptors (Lipinski definition) is 8. The van der Waals surface area contributed by atoms with E-state index in [4.69, 9.17) is 9.47 Å². The molecule has 3 aromatic carbocycles. The zero-order valence-corrected chi connectivity index (χ0v) is 27.6. The second-order valence-corrected chi connectivity index (χ2v) is 12.9. The van der Waals surface area contributed by atoms with Crippen molar-refractivity contribution in [2.45, 2.75) is 77.5 Å². The number of aliphatic imine (C=N–C) groups is 1. The van der Waals surface area contributed by atoms with E-state index in [-0.39, 0.29) is 24.3 Å². The summed E-state index contributed by atoms with van der Waals surface area (Å²) in [6, 6.07) is 25.2. The van der Waals surface area contributed by atoms with Crippen molar-refractivity contribution in [2.75, 3.05) is 25.0 Å². The van der Waals surface area contributed by atoms with Crippen LogP contribution in [0.3, 0.4) is 0 Å². The summed E-state index contributed by atoms with van der Waals surface area (Å²) in [4.78, 5) is 4.45. The van der Waals surface area contributed by atoms with Gasteiger partial charge < -0.3 is 25.2 Å². The van der Waals surface area contributed by atoms with Crippen molar-refractivity contribution >= 4 is 27.6 Å². The van der Waals surface area contributed by atoms with Crippen molar-refractivity contribution in [1.82, 2.24) is 10.0 Å². The van der Waals surface area contributed by atoms with Gasteiger partial charge in [0, 0.05) is 24.8 Å². The van der Waals surface area contributed by atoms with Crippen LogP contribution in [-0.2, 0) is 23.2 Å². The van der Waals surface area contributed by atoms with Crippen molar-refractivity contribution in [1.29, 1.82) is 0 Å². The molecule has 4 N–H and O–H groups in total. The smallest absolute Gasteiger partial charge is 0.345 e. The van der Waals surface area contributed by atoms with E-state index in [0.29, 0.717) is 25.4 Å². The van der Waals surface area contributed by atoms with Crippen LogP contribution in [0.25, 0.3) is 0 Å². The van der Waals surface area contributed by atoms with Crippen LogP contribution in [-0.4, -0.2) is 57.0 Å². The molecule has 46 heavy (non-hydrogen) atoms. The number of hydrogen-bond donors (Lipinski definition) is 4. The fraction of sp³-hybridized carbons (Fsp3) is 0.429. The minimum Gasteiger partial charge on any atom is -0.491 e. The second kappa shape index (κ2) is 18.3. The first kappa shape index (κ1) is 34.9. The largest absolute Gasteiger partial charge is 0.491 e. The minimum atomic E-state index is -3.79. The van der Waals surface area contributed by atoms with E-state index < -0.39 is 16.3 Å². The van der Waals surface area contributed by atoms with E-state index in [1.54, 1.807) is 0 Å². The molecule has 1 heterocycles. The number of aliphatic hydroxyl groups is 1. The number of nitrogens with one attached hydrogen (secondary N) is 3. The van der Waals surface area contributed by atoms with E-state index in [0.717, 1.165) is 41.8 Å². The van der Waals surface area contributed by atoms with Crippen molar-refractivity contribution in [3.63, 3.8) is 0 Å². The summed E-state index contributed by atoms with van der Waals surface area (Å²) in [5.74, 6) is 1.88. The molecule has 0 saturated heterocycles. The van der Waals surface area contributed by atoms with Gasteiger partial charge in [-0.2, -0.15) is 8.42 Å². The van der Waals surface area contributed by atoms with E-state index >= 15 is 0 Å². The van der Waals surface area contributed by atoms with Crippen LogP contribution in [0, 0.1) is 0 Å². The lowest BCUT2D eigenvalue weighted by Crippen LogP contribution is -2.37. The van der Waals surface area contributed by atoms with Gasteiger partial charge >= 0.3 is 10.2 Å². The number of rotatable bonds is 19. The molecule has 1 aliphatic rings. The molecular formula is C35H47N5O5S. The number of amidine groups is 2. The fourth-order valence-corrected chi connectivity index (χ4v) is 5.70. The zero-order valence-electron chi connectivity index (χ0n) is 26.8. The lowest BCUT2D eigenvalue weighted by molar-refractivity contribution is 0.104. The quantitative estimate of drug-likeness (QED) is 0.124. The lowest BCUT2D eigenvalue weighted by Gasteiger charge is -2.18. The van der Waals surface area contributed by atoms with Gasteiger partial charge in [0.2, 0.25) is 0 Å². The second-order valence-electron chi connectivity index (χ2n) is 11.6. The van der Waals surface area contributed by atoms with Crippen LogP contribution in [0.1, 0.15) is 63.5 Å². The Morgan fingerprint density at radius 2 is 1.54 bits per heavy atom. The van der Waals surface area contributed by atoms with Gasteiger partial charge in [-0.15, -0.1) is 4.40 Å². The molecule has 4 rings (SSSR count). The summed E-state index contributed by atoms with van der Waals surface area (Å²) in [5.41, 5.74) is 2.92. The summed E-state index contributed by atoms with van der Waals surface area (Å²) >= 11 is 0. The molecule has 0 fully saturated rings. The highest BCUT2D eigenvalue weighted by atomic mass is 32.2. The Labute approximate surface area is 273 Å². The third-order valence-electron chi connectivity index (χ3n) is 7.42. The molecule has 0 bridgehead atoms. The highest BCUT2D eigenvalue weighted by Gasteiger charge is 2.26. The Bertz CT molecular complexity index is 1500. The molecule has 0 aromatic heterocycles. The van der Waals surface area contributed by atoms with Crippen LogP contribution in [0.5, 0.6) is 11.5 Å². The van der Waals surface area contributed by atoms with Gasteiger partial charge in [0.05, 0.1) is 0 Å². The molecule has 0 saturated carbocycles. The number of unbranched alkanes of at least 4 members (excludes halogenated alkanes) is 5. The molecule has 2 atom stereocenters. The summed E-state index contributed by atoms with van der Waals surface area (Å²) < 4.78 is 41.9. The standard InChI is InChI=1S/C35H47N5O5S/c1-3-4-5-6-7-11-22-36-34-35(40-46(42,43)39-34)38-30-16-14-28(15-17-30)23-27(2)37-24-31(41)26-45-33-20-18-32(19-21-33)44-25-29-12-9-8-10-13-29/h8-10,12-21,27,31,37,41H,3-7,11,22-26H2,1-2H3,(H,36,39)(H,38,40)/t27?,31-/m0/s1. The molecule has 1 unspecified atom stereocenters. The average Bonchev–Trinajstić information content (AvgIpc) is 3.35. The monoisotopic (exact) mass is 649 g/mol. The molecule has 1 aliphatic heterocycles. The normalized spacial score (nSPS) is 16.0. The summed E-state index contributed by atoms with van der Waals surface area (Å²) in [7, 11) is -3.79. The maximum atomic E-state index is 12.1. The Kier molecular flexibility index (Phi) is 13.9. The maximum absolute atomic E-state index is 12.1. The first-order valence-electron chi connectivity index (χ1n) is 16.1. The van der Waals surface area contributed by atoms with Gasteiger partial charge in [0.15, 0.2) is 11.7 Å². The third-order valence-corrected chi connectivity index (χ3v) is 8.29.